The number of hydrogen-bond donors (Lipinski definition) is 1. The first kappa shape index (κ1) is 15.6. The Morgan fingerprint density at radius 2 is 2.00 bits per heavy atom. The van der Waals surface area contributed by atoms with Crippen molar-refractivity contribution in [2.45, 2.75) is 6.92 Å². The van der Waals surface area contributed by atoms with Gasteiger partial charge in [0.2, 0.25) is 12.4 Å². The van der Waals surface area contributed by atoms with E-state index < -0.39 is 0 Å². The highest BCUT2D eigenvalue weighted by atomic mass is 35.5. The fourth-order valence-electron chi connectivity index (χ4n) is 2.51. The Morgan fingerprint density at radius 1 is 1.22 bits per heavy atom. The Labute approximate surface area is 140 Å². The van der Waals surface area contributed by atoms with Gasteiger partial charge in [-0.1, -0.05) is 17.7 Å². The van der Waals surface area contributed by atoms with E-state index in [-0.39, 0.29) is 0 Å². The topological polar surface area (TPSA) is 61.4 Å². The molecule has 0 spiro atoms. The van der Waals surface area contributed by atoms with Crippen molar-refractivity contribution in [1.29, 1.82) is 0 Å². The summed E-state index contributed by atoms with van der Waals surface area (Å²) in [6.45, 7) is 4.91. The number of nitrogens with one attached hydrogen (secondary N) is 1. The first-order valence-corrected chi connectivity index (χ1v) is 7.84. The maximum Gasteiger partial charge on any atom is 0.229 e. The quantitative estimate of drug-likeness (QED) is 0.872. The van der Waals surface area contributed by atoms with Crippen LogP contribution in [0.25, 0.3) is 0 Å². The predicted octanol–water partition coefficient (Wildman–Crippen LogP) is 2.46. The van der Waals surface area contributed by atoms with Crippen molar-refractivity contribution in [2.24, 2.45) is 0 Å². The van der Waals surface area contributed by atoms with Gasteiger partial charge in [0.15, 0.2) is 0 Å². The normalized spacial score (nSPS) is 14.7. The van der Waals surface area contributed by atoms with E-state index in [9.17, 15) is 4.79 Å². The fourth-order valence-corrected chi connectivity index (χ4v) is 2.68. The van der Waals surface area contributed by atoms with Crippen LogP contribution in [0, 0.1) is 6.92 Å². The van der Waals surface area contributed by atoms with Crippen LogP contribution in [-0.2, 0) is 4.79 Å². The molecular weight excluding hydrogens is 314 g/mol. The molecule has 1 aliphatic heterocycles. The third kappa shape index (κ3) is 3.53. The van der Waals surface area contributed by atoms with Gasteiger partial charge < -0.3 is 15.1 Å². The average Bonchev–Trinajstić information content (AvgIpc) is 2.59. The van der Waals surface area contributed by atoms with Crippen molar-refractivity contribution < 1.29 is 4.79 Å². The van der Waals surface area contributed by atoms with Crippen molar-refractivity contribution in [3.05, 3.63) is 41.0 Å². The van der Waals surface area contributed by atoms with Crippen LogP contribution in [0.2, 0.25) is 5.02 Å². The molecule has 23 heavy (non-hydrogen) atoms. The Morgan fingerprint density at radius 3 is 2.74 bits per heavy atom. The molecule has 2 heterocycles. The molecule has 1 N–H and O–H groups in total. The van der Waals surface area contributed by atoms with Crippen molar-refractivity contribution in [3.8, 4) is 0 Å². The number of aromatic nitrogens is 2. The van der Waals surface area contributed by atoms with E-state index in [0.29, 0.717) is 24.1 Å². The van der Waals surface area contributed by atoms with Gasteiger partial charge in [0.25, 0.3) is 0 Å². The second-order valence-electron chi connectivity index (χ2n) is 5.40. The van der Waals surface area contributed by atoms with Crippen molar-refractivity contribution in [1.82, 2.24) is 14.9 Å². The van der Waals surface area contributed by atoms with E-state index >= 15 is 0 Å². The minimum Gasteiger partial charge on any atom is -0.353 e. The smallest absolute Gasteiger partial charge is 0.229 e. The molecule has 0 bridgehead atoms. The number of rotatable bonds is 4. The number of hydrogen-bond acceptors (Lipinski definition) is 5. The molecule has 7 heteroatoms. The Hall–Kier alpha value is -2.34. The number of anilines is 3. The Kier molecular flexibility index (Phi) is 4.62. The van der Waals surface area contributed by atoms with Crippen LogP contribution in [0.1, 0.15) is 5.56 Å². The molecule has 6 nitrogen and oxygen atoms in total. The summed E-state index contributed by atoms with van der Waals surface area (Å²) < 4.78 is 0. The lowest BCUT2D eigenvalue weighted by atomic mass is 10.2. The molecule has 120 valence electrons. The molecule has 0 atom stereocenters. The lowest BCUT2D eigenvalue weighted by Gasteiger charge is -2.33. The van der Waals surface area contributed by atoms with E-state index in [1.807, 2.05) is 31.2 Å². The van der Waals surface area contributed by atoms with E-state index in [2.05, 4.69) is 20.2 Å². The standard InChI is InChI=1S/C16H18ClN5O/c1-12-13(17)3-2-4-14(12)19-16-18-6-5-15(20-16)22-9-7-21(11-23)8-10-22/h2-6,11H,7-10H2,1H3,(H,18,19,20). The van der Waals surface area contributed by atoms with Gasteiger partial charge in [-0.25, -0.2) is 4.98 Å². The lowest BCUT2D eigenvalue weighted by Crippen LogP contribution is -2.46. The monoisotopic (exact) mass is 331 g/mol. The molecule has 1 saturated heterocycles. The molecular formula is C16H18ClN5O. The minimum atomic E-state index is 0.533. The second-order valence-corrected chi connectivity index (χ2v) is 5.81. The van der Waals surface area contributed by atoms with Gasteiger partial charge in [0, 0.05) is 43.1 Å². The van der Waals surface area contributed by atoms with Crippen LogP contribution in [0.4, 0.5) is 17.5 Å². The maximum absolute atomic E-state index is 10.8. The highest BCUT2D eigenvalue weighted by Gasteiger charge is 2.17. The summed E-state index contributed by atoms with van der Waals surface area (Å²) in [6, 6.07) is 7.57. The van der Waals surface area contributed by atoms with Gasteiger partial charge in [-0.2, -0.15) is 4.98 Å². The molecule has 2 aromatic rings. The average molecular weight is 332 g/mol. The summed E-state index contributed by atoms with van der Waals surface area (Å²) in [5, 5.41) is 3.92. The Bertz CT molecular complexity index is 701. The van der Waals surface area contributed by atoms with E-state index in [0.717, 1.165) is 36.6 Å². The zero-order valence-corrected chi connectivity index (χ0v) is 13.6. The van der Waals surface area contributed by atoms with Crippen molar-refractivity contribution in [3.63, 3.8) is 0 Å². The summed E-state index contributed by atoms with van der Waals surface area (Å²) in [7, 11) is 0. The van der Waals surface area contributed by atoms with Crippen LogP contribution < -0.4 is 10.2 Å². The molecule has 1 aliphatic rings. The molecule has 0 unspecified atom stereocenters. The summed E-state index contributed by atoms with van der Waals surface area (Å²) in [4.78, 5) is 23.5. The summed E-state index contributed by atoms with van der Waals surface area (Å²) in [6.07, 6.45) is 2.63. The first-order valence-electron chi connectivity index (χ1n) is 7.47. The molecule has 1 fully saturated rings. The maximum atomic E-state index is 10.8. The molecule has 0 saturated carbocycles. The Balaban J connectivity index is 1.75. The van der Waals surface area contributed by atoms with Gasteiger partial charge in [-0.15, -0.1) is 0 Å². The van der Waals surface area contributed by atoms with Crippen LogP contribution >= 0.6 is 11.6 Å². The SMILES string of the molecule is Cc1c(Cl)cccc1Nc1nccc(N2CCN(C=O)CC2)n1. The van der Waals surface area contributed by atoms with E-state index in [1.54, 1.807) is 11.1 Å². The third-order valence-electron chi connectivity index (χ3n) is 3.94. The number of carbonyl (C=O) groups is 1. The van der Waals surface area contributed by atoms with Crippen LogP contribution in [0.5, 0.6) is 0 Å². The number of nitrogens with zero attached hydrogens (tertiary/aromatic N) is 4. The number of amides is 1. The number of benzene rings is 1. The zero-order chi connectivity index (χ0) is 16.2. The number of carbonyl (C=O) groups excluding carboxylic acids is 1. The molecule has 0 radical (unpaired) electrons. The fraction of sp³-hybridized carbons (Fsp3) is 0.312. The predicted molar refractivity (Wildman–Crippen MR) is 91.4 cm³/mol. The highest BCUT2D eigenvalue weighted by Crippen LogP contribution is 2.25. The molecule has 1 amide bonds. The number of halogens is 1. The summed E-state index contributed by atoms with van der Waals surface area (Å²) in [5.41, 5.74) is 1.85. The highest BCUT2D eigenvalue weighted by molar-refractivity contribution is 6.31. The molecule has 1 aromatic heterocycles. The minimum absolute atomic E-state index is 0.533. The summed E-state index contributed by atoms with van der Waals surface area (Å²) >= 11 is 6.14. The molecule has 3 rings (SSSR count). The van der Waals surface area contributed by atoms with E-state index in [1.165, 1.54) is 0 Å². The third-order valence-corrected chi connectivity index (χ3v) is 4.35. The zero-order valence-electron chi connectivity index (χ0n) is 12.9. The van der Waals surface area contributed by atoms with Gasteiger partial charge in [-0.3, -0.25) is 4.79 Å². The van der Waals surface area contributed by atoms with E-state index in [4.69, 9.17) is 11.6 Å². The van der Waals surface area contributed by atoms with Gasteiger partial charge in [-0.05, 0) is 30.7 Å². The van der Waals surface area contributed by atoms with Gasteiger partial charge >= 0.3 is 0 Å². The van der Waals surface area contributed by atoms with Gasteiger partial charge in [0.1, 0.15) is 5.82 Å². The van der Waals surface area contributed by atoms with Crippen molar-refractivity contribution in [2.75, 3.05) is 36.4 Å². The van der Waals surface area contributed by atoms with Crippen LogP contribution in [0.15, 0.2) is 30.5 Å². The number of piperazine rings is 1. The van der Waals surface area contributed by atoms with Crippen LogP contribution in [-0.4, -0.2) is 47.5 Å². The van der Waals surface area contributed by atoms with Gasteiger partial charge in [0.05, 0.1) is 0 Å². The van der Waals surface area contributed by atoms with Crippen molar-refractivity contribution >= 4 is 35.5 Å². The second kappa shape index (κ2) is 6.83. The largest absolute Gasteiger partial charge is 0.353 e. The molecule has 0 aliphatic carbocycles. The summed E-state index contributed by atoms with van der Waals surface area (Å²) in [5.74, 6) is 1.39. The lowest BCUT2D eigenvalue weighted by molar-refractivity contribution is -0.118. The van der Waals surface area contributed by atoms with Crippen LogP contribution in [0.3, 0.4) is 0 Å². The molecule has 1 aromatic carbocycles. The first-order chi connectivity index (χ1) is 11.2.